The SMILES string of the molecule is C[C@@H](NC(=O)c1ccc(F)cc1)c1cccs1. The first-order chi connectivity index (χ1) is 8.16. The zero-order valence-electron chi connectivity index (χ0n) is 9.31. The molecule has 0 saturated heterocycles. The molecular weight excluding hydrogens is 237 g/mol. The first-order valence-electron chi connectivity index (χ1n) is 5.26. The molecule has 17 heavy (non-hydrogen) atoms. The van der Waals surface area contributed by atoms with E-state index in [1.807, 2.05) is 24.4 Å². The van der Waals surface area contributed by atoms with E-state index in [1.54, 1.807) is 11.3 Å². The Hall–Kier alpha value is -1.68. The van der Waals surface area contributed by atoms with Crippen molar-refractivity contribution in [1.29, 1.82) is 0 Å². The predicted molar refractivity (Wildman–Crippen MR) is 66.6 cm³/mol. The van der Waals surface area contributed by atoms with Crippen LogP contribution in [-0.4, -0.2) is 5.91 Å². The van der Waals surface area contributed by atoms with Crippen LogP contribution in [0, 0.1) is 5.82 Å². The molecule has 1 aromatic carbocycles. The molecule has 4 heteroatoms. The molecule has 1 N–H and O–H groups in total. The van der Waals surface area contributed by atoms with Gasteiger partial charge in [0.25, 0.3) is 5.91 Å². The van der Waals surface area contributed by atoms with Gasteiger partial charge in [-0.15, -0.1) is 11.3 Å². The molecule has 0 radical (unpaired) electrons. The van der Waals surface area contributed by atoms with Gasteiger partial charge in [-0.2, -0.15) is 0 Å². The number of amides is 1. The van der Waals surface area contributed by atoms with Crippen LogP contribution in [0.5, 0.6) is 0 Å². The van der Waals surface area contributed by atoms with Crippen molar-refractivity contribution in [2.45, 2.75) is 13.0 Å². The third kappa shape index (κ3) is 2.91. The maximum Gasteiger partial charge on any atom is 0.251 e. The van der Waals surface area contributed by atoms with Gasteiger partial charge >= 0.3 is 0 Å². The van der Waals surface area contributed by atoms with E-state index in [-0.39, 0.29) is 17.8 Å². The smallest absolute Gasteiger partial charge is 0.251 e. The van der Waals surface area contributed by atoms with Crippen LogP contribution in [0.1, 0.15) is 28.2 Å². The second-order valence-corrected chi connectivity index (χ2v) is 4.70. The standard InChI is InChI=1S/C13H12FNOS/c1-9(12-3-2-8-17-12)15-13(16)10-4-6-11(14)7-5-10/h2-9H,1H3,(H,15,16)/t9-/m1/s1. The molecule has 88 valence electrons. The van der Waals surface area contributed by atoms with Crippen LogP contribution in [0.4, 0.5) is 4.39 Å². The first-order valence-corrected chi connectivity index (χ1v) is 6.14. The van der Waals surface area contributed by atoms with Crippen LogP contribution in [0.2, 0.25) is 0 Å². The largest absolute Gasteiger partial charge is 0.345 e. The minimum atomic E-state index is -0.340. The monoisotopic (exact) mass is 249 g/mol. The van der Waals surface area contributed by atoms with E-state index in [9.17, 15) is 9.18 Å². The summed E-state index contributed by atoms with van der Waals surface area (Å²) in [5, 5.41) is 4.84. The number of benzene rings is 1. The first kappa shape index (κ1) is 11.8. The number of nitrogens with one attached hydrogen (secondary N) is 1. The van der Waals surface area contributed by atoms with Gasteiger partial charge in [-0.05, 0) is 42.6 Å². The molecule has 1 amide bonds. The Morgan fingerprint density at radius 1 is 1.29 bits per heavy atom. The minimum Gasteiger partial charge on any atom is -0.345 e. The summed E-state index contributed by atoms with van der Waals surface area (Å²) in [7, 11) is 0. The predicted octanol–water partition coefficient (Wildman–Crippen LogP) is 3.38. The van der Waals surface area contributed by atoms with Crippen molar-refractivity contribution in [3.63, 3.8) is 0 Å². The van der Waals surface area contributed by atoms with E-state index in [4.69, 9.17) is 0 Å². The summed E-state index contributed by atoms with van der Waals surface area (Å²) in [6.07, 6.45) is 0. The average Bonchev–Trinajstić information content (AvgIpc) is 2.83. The van der Waals surface area contributed by atoms with Crippen molar-refractivity contribution < 1.29 is 9.18 Å². The van der Waals surface area contributed by atoms with Crippen LogP contribution in [0.15, 0.2) is 41.8 Å². The zero-order chi connectivity index (χ0) is 12.3. The third-order valence-corrected chi connectivity index (χ3v) is 3.48. The molecule has 1 aromatic heterocycles. The Kier molecular flexibility index (Phi) is 3.54. The number of carbonyl (C=O) groups excluding carboxylic acids is 1. The third-order valence-electron chi connectivity index (χ3n) is 2.42. The molecule has 1 heterocycles. The molecule has 0 spiro atoms. The molecule has 0 unspecified atom stereocenters. The fraction of sp³-hybridized carbons (Fsp3) is 0.154. The van der Waals surface area contributed by atoms with Crippen LogP contribution < -0.4 is 5.32 Å². The molecule has 0 aliphatic rings. The number of hydrogen-bond donors (Lipinski definition) is 1. The Morgan fingerprint density at radius 2 is 2.00 bits per heavy atom. The van der Waals surface area contributed by atoms with E-state index in [0.29, 0.717) is 5.56 Å². The number of thiophene rings is 1. The molecule has 2 nitrogen and oxygen atoms in total. The highest BCUT2D eigenvalue weighted by atomic mass is 32.1. The quantitative estimate of drug-likeness (QED) is 0.887. The van der Waals surface area contributed by atoms with Crippen molar-refractivity contribution in [3.8, 4) is 0 Å². The summed E-state index contributed by atoms with van der Waals surface area (Å²) in [6, 6.07) is 9.40. The molecule has 2 rings (SSSR count). The van der Waals surface area contributed by atoms with Gasteiger partial charge in [0.2, 0.25) is 0 Å². The van der Waals surface area contributed by atoms with Crippen molar-refractivity contribution in [3.05, 3.63) is 58.0 Å². The Labute approximate surface area is 103 Å². The lowest BCUT2D eigenvalue weighted by atomic mass is 10.2. The topological polar surface area (TPSA) is 29.1 Å². The molecule has 0 fully saturated rings. The van der Waals surface area contributed by atoms with Gasteiger partial charge in [-0.1, -0.05) is 6.07 Å². The highest BCUT2D eigenvalue weighted by Crippen LogP contribution is 2.18. The highest BCUT2D eigenvalue weighted by molar-refractivity contribution is 7.10. The zero-order valence-corrected chi connectivity index (χ0v) is 10.1. The second-order valence-electron chi connectivity index (χ2n) is 3.72. The maximum absolute atomic E-state index is 12.7. The Balaban J connectivity index is 2.04. The highest BCUT2D eigenvalue weighted by Gasteiger charge is 2.11. The number of carbonyl (C=O) groups is 1. The maximum atomic E-state index is 12.7. The van der Waals surface area contributed by atoms with Crippen LogP contribution >= 0.6 is 11.3 Å². The van der Waals surface area contributed by atoms with Crippen molar-refractivity contribution in [1.82, 2.24) is 5.32 Å². The number of hydrogen-bond acceptors (Lipinski definition) is 2. The number of rotatable bonds is 3. The molecule has 0 bridgehead atoms. The van der Waals surface area contributed by atoms with E-state index in [2.05, 4.69) is 5.32 Å². The molecule has 2 aromatic rings. The minimum absolute atomic E-state index is 0.0347. The molecule has 0 aliphatic carbocycles. The van der Waals surface area contributed by atoms with Gasteiger partial charge in [0.1, 0.15) is 5.82 Å². The van der Waals surface area contributed by atoms with E-state index in [0.717, 1.165) is 4.88 Å². The van der Waals surface area contributed by atoms with Crippen LogP contribution in [0.25, 0.3) is 0 Å². The summed E-state index contributed by atoms with van der Waals surface area (Å²) in [5.41, 5.74) is 0.467. The summed E-state index contributed by atoms with van der Waals surface area (Å²) < 4.78 is 12.7. The second kappa shape index (κ2) is 5.10. The average molecular weight is 249 g/mol. The Morgan fingerprint density at radius 3 is 2.59 bits per heavy atom. The van der Waals surface area contributed by atoms with Gasteiger partial charge < -0.3 is 5.32 Å². The molecule has 0 saturated carbocycles. The van der Waals surface area contributed by atoms with Crippen molar-refractivity contribution >= 4 is 17.2 Å². The fourth-order valence-corrected chi connectivity index (χ4v) is 2.22. The lowest BCUT2D eigenvalue weighted by molar-refractivity contribution is 0.0940. The van der Waals surface area contributed by atoms with Crippen molar-refractivity contribution in [2.24, 2.45) is 0 Å². The summed E-state index contributed by atoms with van der Waals surface area (Å²) in [4.78, 5) is 12.9. The molecular formula is C13H12FNOS. The Bertz CT molecular complexity index is 493. The van der Waals surface area contributed by atoms with Crippen LogP contribution in [-0.2, 0) is 0 Å². The summed E-state index contributed by atoms with van der Waals surface area (Å²) in [6.45, 7) is 1.92. The van der Waals surface area contributed by atoms with Crippen molar-refractivity contribution in [2.75, 3.05) is 0 Å². The lowest BCUT2D eigenvalue weighted by Crippen LogP contribution is -2.26. The van der Waals surface area contributed by atoms with Gasteiger partial charge in [-0.25, -0.2) is 4.39 Å². The van der Waals surface area contributed by atoms with Gasteiger partial charge in [-0.3, -0.25) is 4.79 Å². The van der Waals surface area contributed by atoms with E-state index in [1.165, 1.54) is 24.3 Å². The summed E-state index contributed by atoms with van der Waals surface area (Å²) in [5.74, 6) is -0.529. The van der Waals surface area contributed by atoms with Gasteiger partial charge in [0.15, 0.2) is 0 Å². The van der Waals surface area contributed by atoms with Gasteiger partial charge in [0.05, 0.1) is 6.04 Å². The normalized spacial score (nSPS) is 12.1. The van der Waals surface area contributed by atoms with E-state index >= 15 is 0 Å². The fourth-order valence-electron chi connectivity index (χ4n) is 1.49. The van der Waals surface area contributed by atoms with E-state index < -0.39 is 0 Å². The lowest BCUT2D eigenvalue weighted by Gasteiger charge is -2.12. The van der Waals surface area contributed by atoms with Gasteiger partial charge in [0, 0.05) is 10.4 Å². The molecule has 0 aliphatic heterocycles. The summed E-state index contributed by atoms with van der Waals surface area (Å²) >= 11 is 1.60. The number of halogens is 1. The molecule has 1 atom stereocenters. The van der Waals surface area contributed by atoms with Crippen LogP contribution in [0.3, 0.4) is 0 Å².